The molecular weight excluding hydrogens is 222 g/mol. The Balaban J connectivity index is 2.02. The van der Waals surface area contributed by atoms with Crippen molar-refractivity contribution in [1.29, 1.82) is 0 Å². The van der Waals surface area contributed by atoms with Crippen LogP contribution in [-0.2, 0) is 19.5 Å². The van der Waals surface area contributed by atoms with Gasteiger partial charge in [0.05, 0.1) is 5.69 Å². The number of benzene rings is 1. The number of aryl methyl sites for hydroxylation is 2. The molecule has 0 aliphatic rings. The predicted octanol–water partition coefficient (Wildman–Crippen LogP) is 2.54. The second kappa shape index (κ2) is 6.36. The molecule has 1 aromatic carbocycles. The van der Waals surface area contributed by atoms with Gasteiger partial charge < -0.3 is 9.88 Å². The lowest BCUT2D eigenvalue weighted by molar-refractivity contribution is 0.607. The molecule has 18 heavy (non-hydrogen) atoms. The first-order valence-electron chi connectivity index (χ1n) is 6.57. The van der Waals surface area contributed by atoms with Crippen LogP contribution in [0.4, 0.5) is 0 Å². The molecule has 0 fully saturated rings. The number of nitrogens with zero attached hydrogens (tertiary/aromatic N) is 2. The number of aromatic nitrogens is 2. The van der Waals surface area contributed by atoms with Crippen molar-refractivity contribution < 1.29 is 0 Å². The fourth-order valence-corrected chi connectivity index (χ4v) is 2.10. The lowest BCUT2D eigenvalue weighted by Crippen LogP contribution is -2.16. The zero-order valence-corrected chi connectivity index (χ0v) is 11.2. The van der Waals surface area contributed by atoms with Crippen molar-refractivity contribution in [2.45, 2.75) is 33.4 Å². The van der Waals surface area contributed by atoms with Crippen LogP contribution in [0.2, 0.25) is 0 Å². The third-order valence-electron chi connectivity index (χ3n) is 3.16. The second-order valence-corrected chi connectivity index (χ2v) is 4.46. The Bertz CT molecular complexity index is 474. The molecule has 1 aromatic heterocycles. The molecule has 3 nitrogen and oxygen atoms in total. The molecule has 0 unspecified atom stereocenters. The largest absolute Gasteiger partial charge is 0.331 e. The molecule has 0 bridgehead atoms. The average Bonchev–Trinajstić information content (AvgIpc) is 2.76. The molecule has 0 aliphatic heterocycles. The van der Waals surface area contributed by atoms with Crippen LogP contribution in [-0.4, -0.2) is 16.1 Å². The first-order valence-corrected chi connectivity index (χ1v) is 6.57. The van der Waals surface area contributed by atoms with Gasteiger partial charge in [0.1, 0.15) is 5.82 Å². The minimum Gasteiger partial charge on any atom is -0.331 e. The maximum atomic E-state index is 4.40. The molecule has 0 aliphatic carbocycles. The van der Waals surface area contributed by atoms with Gasteiger partial charge in [0.2, 0.25) is 0 Å². The summed E-state index contributed by atoms with van der Waals surface area (Å²) in [5.41, 5.74) is 2.64. The van der Waals surface area contributed by atoms with E-state index in [1.54, 1.807) is 0 Å². The number of imidazole rings is 1. The first kappa shape index (κ1) is 12.8. The van der Waals surface area contributed by atoms with Gasteiger partial charge in [-0.3, -0.25) is 0 Å². The molecule has 0 saturated heterocycles. The monoisotopic (exact) mass is 243 g/mol. The predicted molar refractivity (Wildman–Crippen MR) is 74.5 cm³/mol. The zero-order chi connectivity index (χ0) is 12.8. The van der Waals surface area contributed by atoms with Crippen LogP contribution in [0.3, 0.4) is 0 Å². The molecule has 0 amide bonds. The Morgan fingerprint density at radius 1 is 1.22 bits per heavy atom. The Morgan fingerprint density at radius 3 is 2.72 bits per heavy atom. The van der Waals surface area contributed by atoms with E-state index in [2.05, 4.69) is 59.0 Å². The van der Waals surface area contributed by atoms with Gasteiger partial charge in [0.15, 0.2) is 0 Å². The highest BCUT2D eigenvalue weighted by Gasteiger charge is 2.05. The highest BCUT2D eigenvalue weighted by atomic mass is 15.1. The zero-order valence-electron chi connectivity index (χ0n) is 11.2. The van der Waals surface area contributed by atoms with Crippen molar-refractivity contribution in [2.75, 3.05) is 6.54 Å². The lowest BCUT2D eigenvalue weighted by atomic mass is 10.1. The normalized spacial score (nSPS) is 10.8. The summed E-state index contributed by atoms with van der Waals surface area (Å²) in [6, 6.07) is 10.6. The molecule has 0 saturated carbocycles. The fourth-order valence-electron chi connectivity index (χ4n) is 2.10. The molecule has 0 radical (unpaired) electrons. The molecule has 1 heterocycles. The van der Waals surface area contributed by atoms with Crippen LogP contribution in [0, 0.1) is 6.92 Å². The van der Waals surface area contributed by atoms with Gasteiger partial charge in [-0.2, -0.15) is 0 Å². The molecule has 96 valence electrons. The topological polar surface area (TPSA) is 29.9 Å². The Hall–Kier alpha value is -1.61. The summed E-state index contributed by atoms with van der Waals surface area (Å²) in [6.45, 7) is 7.07. The molecule has 2 aromatic rings. The molecule has 0 atom stereocenters. The highest BCUT2D eigenvalue weighted by Crippen LogP contribution is 2.08. The third-order valence-corrected chi connectivity index (χ3v) is 3.16. The van der Waals surface area contributed by atoms with E-state index in [4.69, 9.17) is 0 Å². The summed E-state index contributed by atoms with van der Waals surface area (Å²) in [6.07, 6.45) is 3.03. The first-order chi connectivity index (χ1) is 8.81. The summed E-state index contributed by atoms with van der Waals surface area (Å²) < 4.78 is 2.30. The minimum absolute atomic E-state index is 0.895. The number of rotatable bonds is 6. The van der Waals surface area contributed by atoms with Gasteiger partial charge >= 0.3 is 0 Å². The smallest absolute Gasteiger partial charge is 0.105 e. The average molecular weight is 243 g/mol. The van der Waals surface area contributed by atoms with E-state index in [0.29, 0.717) is 0 Å². The van der Waals surface area contributed by atoms with Crippen molar-refractivity contribution in [3.63, 3.8) is 0 Å². The SMILES string of the molecule is CCNCc1cnc(C)n1CCc1ccccc1. The van der Waals surface area contributed by atoms with Crippen molar-refractivity contribution in [1.82, 2.24) is 14.9 Å². The standard InChI is InChI=1S/C15H21N3/c1-3-16-11-15-12-17-13(2)18(15)10-9-14-7-5-4-6-8-14/h4-8,12,16H,3,9-11H2,1-2H3. The van der Waals surface area contributed by atoms with E-state index < -0.39 is 0 Å². The Kier molecular flexibility index (Phi) is 4.53. The van der Waals surface area contributed by atoms with Crippen molar-refractivity contribution in [3.8, 4) is 0 Å². The minimum atomic E-state index is 0.895. The van der Waals surface area contributed by atoms with E-state index >= 15 is 0 Å². The van der Waals surface area contributed by atoms with E-state index in [0.717, 1.165) is 31.9 Å². The summed E-state index contributed by atoms with van der Waals surface area (Å²) in [7, 11) is 0. The summed E-state index contributed by atoms with van der Waals surface area (Å²) in [5.74, 6) is 1.10. The van der Waals surface area contributed by atoms with E-state index in [1.165, 1.54) is 11.3 Å². The highest BCUT2D eigenvalue weighted by molar-refractivity contribution is 5.15. The van der Waals surface area contributed by atoms with Crippen molar-refractivity contribution in [2.24, 2.45) is 0 Å². The van der Waals surface area contributed by atoms with Gasteiger partial charge in [-0.25, -0.2) is 4.98 Å². The van der Waals surface area contributed by atoms with Crippen LogP contribution in [0.5, 0.6) is 0 Å². The van der Waals surface area contributed by atoms with Gasteiger partial charge in [0, 0.05) is 19.3 Å². The van der Waals surface area contributed by atoms with Gasteiger partial charge in [-0.05, 0) is 25.5 Å². The number of hydrogen-bond donors (Lipinski definition) is 1. The summed E-state index contributed by atoms with van der Waals surface area (Å²) in [4.78, 5) is 4.40. The second-order valence-electron chi connectivity index (χ2n) is 4.46. The van der Waals surface area contributed by atoms with Crippen LogP contribution >= 0.6 is 0 Å². The molecule has 0 spiro atoms. The fraction of sp³-hybridized carbons (Fsp3) is 0.400. The van der Waals surface area contributed by atoms with Crippen molar-refractivity contribution in [3.05, 3.63) is 53.6 Å². The van der Waals surface area contributed by atoms with Crippen LogP contribution in [0.25, 0.3) is 0 Å². The molecular formula is C15H21N3. The molecule has 2 rings (SSSR count). The van der Waals surface area contributed by atoms with E-state index in [1.807, 2.05) is 6.20 Å². The van der Waals surface area contributed by atoms with Crippen LogP contribution in [0.15, 0.2) is 36.5 Å². The Labute approximate surface area is 109 Å². The quantitative estimate of drug-likeness (QED) is 0.845. The third kappa shape index (κ3) is 3.20. The lowest BCUT2D eigenvalue weighted by Gasteiger charge is -2.10. The van der Waals surface area contributed by atoms with Crippen LogP contribution in [0.1, 0.15) is 24.0 Å². The van der Waals surface area contributed by atoms with E-state index in [-0.39, 0.29) is 0 Å². The molecule has 1 N–H and O–H groups in total. The van der Waals surface area contributed by atoms with Gasteiger partial charge in [-0.15, -0.1) is 0 Å². The van der Waals surface area contributed by atoms with Gasteiger partial charge in [-0.1, -0.05) is 37.3 Å². The van der Waals surface area contributed by atoms with Gasteiger partial charge in [0.25, 0.3) is 0 Å². The van der Waals surface area contributed by atoms with Crippen LogP contribution < -0.4 is 5.32 Å². The summed E-state index contributed by atoms with van der Waals surface area (Å²) >= 11 is 0. The maximum Gasteiger partial charge on any atom is 0.105 e. The van der Waals surface area contributed by atoms with E-state index in [9.17, 15) is 0 Å². The van der Waals surface area contributed by atoms with Crippen molar-refractivity contribution >= 4 is 0 Å². The number of nitrogens with one attached hydrogen (secondary N) is 1. The number of hydrogen-bond acceptors (Lipinski definition) is 2. The molecule has 3 heteroatoms. The maximum absolute atomic E-state index is 4.40. The summed E-state index contributed by atoms with van der Waals surface area (Å²) in [5, 5.41) is 3.36. The Morgan fingerprint density at radius 2 is 2.00 bits per heavy atom.